The topological polar surface area (TPSA) is 450 Å². The third-order valence-electron chi connectivity index (χ3n) is 24.7. The van der Waals surface area contributed by atoms with Crippen LogP contribution in [0.15, 0.2) is 340 Å². The molecule has 1 aliphatic carbocycles. The minimum Gasteiger partial charge on any atom is -0.385 e. The highest BCUT2D eigenvalue weighted by atomic mass is 32.1. The number of aromatic amines is 1. The maximum absolute atomic E-state index is 9.34. The van der Waals surface area contributed by atoms with Crippen molar-refractivity contribution in [1.82, 2.24) is 90.0 Å². The van der Waals surface area contributed by atoms with Gasteiger partial charge in [0.25, 0.3) is 0 Å². The summed E-state index contributed by atoms with van der Waals surface area (Å²) in [5.41, 5.74) is 63.5. The van der Waals surface area contributed by atoms with E-state index in [4.69, 9.17) is 39.4 Å². The molecule has 3 aliphatic rings. The van der Waals surface area contributed by atoms with Crippen molar-refractivity contribution in [2.24, 2.45) is 5.92 Å². The quantitative estimate of drug-likeness (QED) is 0.0548. The zero-order valence-corrected chi connectivity index (χ0v) is 77.7. The van der Waals surface area contributed by atoms with Crippen LogP contribution in [0.2, 0.25) is 0 Å². The van der Waals surface area contributed by atoms with Gasteiger partial charge in [0.1, 0.15) is 46.8 Å². The van der Waals surface area contributed by atoms with Crippen molar-refractivity contribution in [1.29, 1.82) is 10.5 Å². The number of H-pyrrole nitrogens is 1. The number of nitrogen functional groups attached to an aromatic ring is 6. The summed E-state index contributed by atoms with van der Waals surface area (Å²) in [5, 5.41) is 29.1. The largest absolute Gasteiger partial charge is 0.385 e. The summed E-state index contributed by atoms with van der Waals surface area (Å²) in [7, 11) is 0. The lowest BCUT2D eigenvalue weighted by Gasteiger charge is -2.40. The molecule has 1 saturated carbocycles. The molecule has 3 atom stereocenters. The number of hydrogen-bond acceptors (Lipinski definition) is 27. The second-order valence-electron chi connectivity index (χ2n) is 34.0. The van der Waals surface area contributed by atoms with E-state index in [0.29, 0.717) is 80.9 Å². The van der Waals surface area contributed by atoms with Crippen LogP contribution in [0, 0.1) is 35.5 Å². The Morgan fingerprint density at radius 3 is 1.41 bits per heavy atom. The fraction of sp³-hybridized carbons (Fsp3) is 0.115. The predicted octanol–water partition coefficient (Wildman–Crippen LogP) is 22.3. The van der Waals surface area contributed by atoms with E-state index in [2.05, 4.69) is 151 Å². The number of nitrogens with zero attached hydrogens (tertiary/aromatic N) is 18. The highest BCUT2D eigenvalue weighted by molar-refractivity contribution is 7.16. The normalized spacial score (nSPS) is 13.9. The van der Waals surface area contributed by atoms with Gasteiger partial charge in [0.15, 0.2) is 34.5 Å². The molecule has 3 unspecified atom stereocenters. The average molecular weight is 1860 g/mol. The first-order valence-corrected chi connectivity index (χ1v) is 47.1. The second-order valence-corrected chi connectivity index (χ2v) is 34.9. The first-order chi connectivity index (χ1) is 69.2. The van der Waals surface area contributed by atoms with Gasteiger partial charge in [-0.2, -0.15) is 10.5 Å². The van der Waals surface area contributed by atoms with Crippen LogP contribution in [0.25, 0.3) is 167 Å². The van der Waals surface area contributed by atoms with Gasteiger partial charge in [0.05, 0.1) is 108 Å². The van der Waals surface area contributed by atoms with Crippen molar-refractivity contribution in [3.63, 3.8) is 0 Å². The molecule has 0 spiro atoms. The number of thiazole rings is 1. The van der Waals surface area contributed by atoms with Crippen LogP contribution in [0.3, 0.4) is 0 Å². The highest BCUT2D eigenvalue weighted by Gasteiger charge is 2.35. The minimum atomic E-state index is 0.128. The Labute approximate surface area is 817 Å². The molecule has 10 aromatic heterocycles. The highest BCUT2D eigenvalue weighted by Crippen LogP contribution is 2.44. The van der Waals surface area contributed by atoms with E-state index in [-0.39, 0.29) is 23.0 Å². The Kier molecular flexibility index (Phi) is 27.8. The number of rotatable bonds is 12. The fourth-order valence-corrected chi connectivity index (χ4v) is 18.7. The molecule has 24 rings (SSSR count). The number of pyridine rings is 2. The maximum atomic E-state index is 9.34. The molecule has 21 aromatic rings. The lowest BCUT2D eigenvalue weighted by Crippen LogP contribution is -2.44. The van der Waals surface area contributed by atoms with Gasteiger partial charge in [-0.15, -0.1) is 11.3 Å². The maximum Gasteiger partial charge on any atom is 0.183 e. The van der Waals surface area contributed by atoms with Gasteiger partial charge in [-0.05, 0) is 147 Å². The Morgan fingerprint density at radius 1 is 0.362 bits per heavy atom. The van der Waals surface area contributed by atoms with Crippen molar-refractivity contribution >= 4 is 95.0 Å². The molecule has 141 heavy (non-hydrogen) atoms. The molecule has 1 saturated heterocycles. The number of benzene rings is 11. The third kappa shape index (κ3) is 21.2. The van der Waals surface area contributed by atoms with Crippen LogP contribution < -0.4 is 45.0 Å². The smallest absolute Gasteiger partial charge is 0.183 e. The van der Waals surface area contributed by atoms with E-state index in [1.54, 1.807) is 42.3 Å². The van der Waals surface area contributed by atoms with Crippen LogP contribution in [0.4, 0.5) is 40.6 Å². The number of aryl methyl sites for hydroxylation is 2. The van der Waals surface area contributed by atoms with Crippen molar-refractivity contribution in [3.8, 4) is 136 Å². The number of anilines is 7. The van der Waals surface area contributed by atoms with Gasteiger partial charge in [0, 0.05) is 97.6 Å². The molecule has 11 aromatic carbocycles. The molecule has 27 nitrogen and oxygen atoms in total. The zero-order valence-electron chi connectivity index (χ0n) is 76.8. The number of aromatic nitrogens is 17. The Balaban J connectivity index is 0.000000108. The summed E-state index contributed by atoms with van der Waals surface area (Å²) in [4.78, 5) is 74.9. The predicted molar refractivity (Wildman–Crippen MR) is 564 cm³/mol. The lowest BCUT2D eigenvalue weighted by molar-refractivity contribution is 0.193. The molecule has 0 bridgehead atoms. The van der Waals surface area contributed by atoms with Crippen LogP contribution in [0.1, 0.15) is 72.7 Å². The summed E-state index contributed by atoms with van der Waals surface area (Å²) in [6, 6.07) is 103. The Bertz CT molecular complexity index is 8090. The van der Waals surface area contributed by atoms with Crippen molar-refractivity contribution in [2.75, 3.05) is 52.8 Å². The number of nitriles is 2. The molecule has 2 fully saturated rings. The molecule has 0 radical (unpaired) electrons. The first kappa shape index (κ1) is 91.7. The van der Waals surface area contributed by atoms with Gasteiger partial charge in [0.2, 0.25) is 0 Å². The number of nitrogens with one attached hydrogen (secondary N) is 3. The number of piperidine rings is 1. The van der Waals surface area contributed by atoms with Gasteiger partial charge in [-0.25, -0.2) is 59.8 Å². The van der Waals surface area contributed by atoms with Crippen molar-refractivity contribution < 1.29 is 0 Å². The van der Waals surface area contributed by atoms with Crippen LogP contribution >= 0.6 is 11.3 Å². The van der Waals surface area contributed by atoms with Crippen LogP contribution in [-0.2, 0) is 6.42 Å². The Morgan fingerprint density at radius 2 is 0.830 bits per heavy atom. The summed E-state index contributed by atoms with van der Waals surface area (Å²) < 4.78 is 1.06. The molecule has 12 heterocycles. The van der Waals surface area contributed by atoms with Crippen molar-refractivity contribution in [3.05, 3.63) is 368 Å². The van der Waals surface area contributed by atoms with E-state index < -0.39 is 0 Å². The standard InChI is InChI=1S/C21H15N5.C20H15N3.C19H24N4.C19H18N4.C18H11N5S.C16H12N6/c1-13-10-16(11-15-8-5-9-24-18(13)15)20-19(14-6-3-2-4-7-14)26-21(23)17(12-22)25-20;21-18-13-22-19(20(23-18)15-7-2-1-3-8-15)17-11-10-14-6-4-5-9-16(14)12-17;2*20-17-12-22-18(19(23-17)13-5-2-1-3-6-13)15-8-9-16-14(11-15)7-4-10-21-16;19-9-14-18(20)23-16(11-4-2-1-3-5-11)17(22-14)12-6-7-13-15(8-12)24-10-21-13;17-12-9-19-14(13(21-12)10-5-2-1-3-6-10)16-20-11-7-4-8-18-15(11)22-16/h2-11H,1H3,(H2,23,26);1-13H,(H2,21,23);1-3,5-6,12,14-16,21H,4,7-11H2,(H2,20,23);1-3,5-6,8-9,11-12,21H,4,7,10H2,(H2,20,23);1-8,10H,(H2,20,23);1-9H,(H2,17,21)(H,18,20,22). The van der Waals surface area contributed by atoms with E-state index in [1.165, 1.54) is 66.9 Å². The van der Waals surface area contributed by atoms with Gasteiger partial charge < -0.3 is 50.0 Å². The summed E-state index contributed by atoms with van der Waals surface area (Å²) >= 11 is 1.56. The molecule has 28 heteroatoms. The van der Waals surface area contributed by atoms with E-state index in [9.17, 15) is 10.5 Å². The number of imidazole rings is 1. The van der Waals surface area contributed by atoms with Gasteiger partial charge >= 0.3 is 0 Å². The lowest BCUT2D eigenvalue weighted by atomic mass is 9.73. The molecular weight excluding hydrogens is 1770 g/mol. The summed E-state index contributed by atoms with van der Waals surface area (Å²) in [6.07, 6.45) is 18.5. The second kappa shape index (κ2) is 42.7. The number of hydrogen-bond donors (Lipinski definition) is 9. The Hall–Kier alpha value is -18.4. The molecule has 0 amide bonds. The average Bonchev–Trinajstić information content (AvgIpc) is 1.64. The number of fused-ring (bicyclic) bond motifs is 6. The van der Waals surface area contributed by atoms with Crippen molar-refractivity contribution in [2.45, 2.75) is 63.8 Å². The van der Waals surface area contributed by atoms with E-state index in [0.717, 1.165) is 147 Å². The third-order valence-corrected chi connectivity index (χ3v) is 25.4. The molecule has 2 aliphatic heterocycles. The monoisotopic (exact) mass is 1860 g/mol. The first-order valence-electron chi connectivity index (χ1n) is 46.3. The van der Waals surface area contributed by atoms with Crippen LogP contribution in [-0.4, -0.2) is 104 Å². The van der Waals surface area contributed by atoms with Gasteiger partial charge in [-0.3, -0.25) is 19.9 Å². The SMILES string of the molecule is Cc1cc(-c2nc(C#N)c(N)nc2-c2ccccc2)cc2cccnc12.N#Cc1nc(-c2ccc3ncsc3c2)c(-c2ccccc2)nc1N.Nc1cnc(-c2ccc3c(c2)CCCN3)c(-c2ccccc2)n1.Nc1cnc(-c2ccc3ccccc3c2)c(-c2ccccc2)n1.Nc1cnc(-c2nc3ncccc3[nH]2)c(-c2ccccc2)n1.Nc1cnc(C2CCC3NCCCC3C2)c(-c2ccccc2)n1. The molecule has 15 N–H and O–H groups in total. The zero-order chi connectivity index (χ0) is 96.5. The van der Waals surface area contributed by atoms with E-state index >= 15 is 0 Å². The fourth-order valence-electron chi connectivity index (χ4n) is 18.0. The summed E-state index contributed by atoms with van der Waals surface area (Å²) in [5.74, 6) is 3.91. The van der Waals surface area contributed by atoms with Gasteiger partial charge in [-0.1, -0.05) is 237 Å². The molecule has 688 valence electrons. The minimum absolute atomic E-state index is 0.128. The van der Waals surface area contributed by atoms with Crippen LogP contribution in [0.5, 0.6) is 0 Å². The van der Waals surface area contributed by atoms with E-state index in [1.807, 2.05) is 261 Å². The summed E-state index contributed by atoms with van der Waals surface area (Å²) in [6.45, 7) is 4.24. The number of nitrogens with two attached hydrogens (primary N) is 6. The molecular formula is C113H95N27S.